The second-order valence-electron chi connectivity index (χ2n) is 10.5. The van der Waals surface area contributed by atoms with Crippen LogP contribution in [0, 0.1) is 0 Å². The molecule has 2 aromatic heterocycles. The summed E-state index contributed by atoms with van der Waals surface area (Å²) in [5.74, 6) is 1.03. The van der Waals surface area contributed by atoms with Crippen molar-refractivity contribution < 1.29 is 0 Å². The van der Waals surface area contributed by atoms with E-state index >= 15 is 0 Å². The van der Waals surface area contributed by atoms with E-state index in [1.807, 2.05) is 12.3 Å². The average Bonchev–Trinajstić information content (AvgIpc) is 3.65. The van der Waals surface area contributed by atoms with Gasteiger partial charge in [0.25, 0.3) is 0 Å². The zero-order valence-corrected chi connectivity index (χ0v) is 20.8. The normalized spacial score (nSPS) is 20.1. The summed E-state index contributed by atoms with van der Waals surface area (Å²) in [5.41, 5.74) is 6.41. The van der Waals surface area contributed by atoms with Crippen LogP contribution < -0.4 is 16.1 Å². The predicted octanol–water partition coefficient (Wildman–Crippen LogP) is 5.98. The molecule has 6 heteroatoms. The van der Waals surface area contributed by atoms with E-state index in [2.05, 4.69) is 74.1 Å². The third kappa shape index (κ3) is 4.26. The van der Waals surface area contributed by atoms with Crippen LogP contribution in [0.4, 0.5) is 0 Å². The van der Waals surface area contributed by atoms with Gasteiger partial charge in [-0.3, -0.25) is 4.79 Å². The molecule has 0 radical (unpaired) electrons. The van der Waals surface area contributed by atoms with Gasteiger partial charge in [0, 0.05) is 28.8 Å². The Hall–Kier alpha value is -3.74. The van der Waals surface area contributed by atoms with Gasteiger partial charge in [0.05, 0.1) is 23.4 Å². The molecule has 0 bridgehead atoms. The average molecular weight is 490 g/mol. The molecule has 0 spiro atoms. The minimum Gasteiger partial charge on any atom is -0.357 e. The highest BCUT2D eigenvalue weighted by Gasteiger charge is 2.19. The summed E-state index contributed by atoms with van der Waals surface area (Å²) in [5, 5.41) is 10.2. The summed E-state index contributed by atoms with van der Waals surface area (Å²) in [7, 11) is 0. The molecule has 3 aromatic carbocycles. The maximum Gasteiger partial charge on any atom is 0.189 e. The first-order chi connectivity index (χ1) is 18.2. The first-order valence-electron chi connectivity index (χ1n) is 13.4. The fourth-order valence-electron chi connectivity index (χ4n) is 5.93. The van der Waals surface area contributed by atoms with Crippen molar-refractivity contribution in [2.75, 3.05) is 13.1 Å². The summed E-state index contributed by atoms with van der Waals surface area (Å²) < 4.78 is 0. The first-order valence-corrected chi connectivity index (χ1v) is 13.4. The van der Waals surface area contributed by atoms with Gasteiger partial charge in [-0.2, -0.15) is 0 Å². The van der Waals surface area contributed by atoms with Crippen molar-refractivity contribution in [1.82, 2.24) is 25.6 Å². The van der Waals surface area contributed by atoms with Crippen molar-refractivity contribution in [2.24, 2.45) is 0 Å². The van der Waals surface area contributed by atoms with Gasteiger partial charge < -0.3 is 20.6 Å². The van der Waals surface area contributed by atoms with Gasteiger partial charge in [0.2, 0.25) is 0 Å². The smallest absolute Gasteiger partial charge is 0.189 e. The summed E-state index contributed by atoms with van der Waals surface area (Å²) in [6.45, 7) is 2.06. The highest BCUT2D eigenvalue weighted by molar-refractivity contribution is 5.92. The van der Waals surface area contributed by atoms with E-state index in [0.29, 0.717) is 6.04 Å². The molecule has 2 saturated heterocycles. The monoisotopic (exact) mass is 489 g/mol. The van der Waals surface area contributed by atoms with Crippen LogP contribution in [0.1, 0.15) is 55.7 Å². The van der Waals surface area contributed by atoms with Crippen LogP contribution in [0.5, 0.6) is 0 Å². The molecule has 4 heterocycles. The fraction of sp³-hybridized carbons (Fsp3) is 0.290. The summed E-state index contributed by atoms with van der Waals surface area (Å²) in [4.78, 5) is 24.5. The molecule has 1 unspecified atom stereocenters. The Morgan fingerprint density at radius 1 is 0.703 bits per heavy atom. The number of hydrogen-bond acceptors (Lipinski definition) is 4. The standard InChI is InChI=1S/C31H31N5O/c37-30-17-28(25-4-1-2-12-32-25)35-27-16-22(10-11-24(27)30)20-6-7-21-15-23(9-8-19(21)14-20)29-18-34-31(36-29)26-5-3-13-33-26/h6-11,14-18,25-26,32-33H,1-5,12-13H2,(H,34,36)(H,35,37)/t25?,26-/m0/s1. The first kappa shape index (κ1) is 22.5. The van der Waals surface area contributed by atoms with Crippen molar-refractivity contribution in [3.05, 3.63) is 88.6 Å². The zero-order valence-electron chi connectivity index (χ0n) is 20.8. The SMILES string of the molecule is O=c1cc(C2CCCCN2)[nH]c2cc(-c3ccc4cc(-c5cnc([C@@H]6CCCN6)[nH]5)ccc4c3)ccc12. The summed E-state index contributed by atoms with van der Waals surface area (Å²) in [6, 6.07) is 21.6. The number of aromatic nitrogens is 3. The Morgan fingerprint density at radius 3 is 2.24 bits per heavy atom. The minimum atomic E-state index is 0.0828. The van der Waals surface area contributed by atoms with E-state index in [4.69, 9.17) is 0 Å². The molecule has 0 amide bonds. The van der Waals surface area contributed by atoms with Crippen LogP contribution in [-0.4, -0.2) is 28.0 Å². The number of hydrogen-bond donors (Lipinski definition) is 4. The fourth-order valence-corrected chi connectivity index (χ4v) is 5.93. The maximum absolute atomic E-state index is 12.8. The zero-order chi connectivity index (χ0) is 24.8. The van der Waals surface area contributed by atoms with E-state index < -0.39 is 0 Å². The second kappa shape index (κ2) is 9.29. The molecular weight excluding hydrogens is 458 g/mol. The molecule has 2 aliphatic rings. The van der Waals surface area contributed by atoms with E-state index in [-0.39, 0.29) is 11.5 Å². The summed E-state index contributed by atoms with van der Waals surface area (Å²) >= 11 is 0. The molecule has 0 aliphatic carbocycles. The number of nitrogens with one attached hydrogen (secondary N) is 4. The van der Waals surface area contributed by atoms with Crippen molar-refractivity contribution in [3.8, 4) is 22.4 Å². The maximum atomic E-state index is 12.8. The van der Waals surface area contributed by atoms with Crippen molar-refractivity contribution in [3.63, 3.8) is 0 Å². The van der Waals surface area contributed by atoms with E-state index in [1.54, 1.807) is 6.07 Å². The van der Waals surface area contributed by atoms with Crippen LogP contribution in [0.25, 0.3) is 44.1 Å². The molecule has 6 nitrogen and oxygen atoms in total. The largest absolute Gasteiger partial charge is 0.357 e. The molecule has 186 valence electrons. The molecule has 2 fully saturated rings. The molecule has 2 aliphatic heterocycles. The van der Waals surface area contributed by atoms with Gasteiger partial charge in [-0.25, -0.2) is 4.98 Å². The van der Waals surface area contributed by atoms with Crippen LogP contribution >= 0.6 is 0 Å². The van der Waals surface area contributed by atoms with E-state index in [0.717, 1.165) is 70.7 Å². The van der Waals surface area contributed by atoms with Crippen molar-refractivity contribution >= 4 is 21.7 Å². The van der Waals surface area contributed by atoms with Gasteiger partial charge in [-0.15, -0.1) is 0 Å². The van der Waals surface area contributed by atoms with Crippen LogP contribution in [0.15, 0.2) is 71.7 Å². The quantitative estimate of drug-likeness (QED) is 0.250. The number of benzene rings is 3. The Balaban J connectivity index is 1.20. The number of imidazole rings is 1. The second-order valence-corrected chi connectivity index (χ2v) is 10.5. The summed E-state index contributed by atoms with van der Waals surface area (Å²) in [6.07, 6.45) is 7.72. The number of piperidine rings is 1. The Bertz CT molecular complexity index is 1650. The Labute approximate surface area is 215 Å². The minimum absolute atomic E-state index is 0.0828. The highest BCUT2D eigenvalue weighted by Crippen LogP contribution is 2.31. The van der Waals surface area contributed by atoms with Crippen LogP contribution in [0.2, 0.25) is 0 Å². The number of nitrogens with zero attached hydrogens (tertiary/aromatic N) is 1. The van der Waals surface area contributed by atoms with Crippen molar-refractivity contribution in [2.45, 2.75) is 44.2 Å². The lowest BCUT2D eigenvalue weighted by Crippen LogP contribution is -2.28. The van der Waals surface area contributed by atoms with E-state index in [1.165, 1.54) is 30.0 Å². The number of fused-ring (bicyclic) bond motifs is 2. The molecular formula is C31H31N5O. The lowest BCUT2D eigenvalue weighted by Gasteiger charge is -2.23. The molecule has 0 saturated carbocycles. The van der Waals surface area contributed by atoms with Gasteiger partial charge in [0.1, 0.15) is 5.82 Å². The van der Waals surface area contributed by atoms with Crippen LogP contribution in [0.3, 0.4) is 0 Å². The Kier molecular flexibility index (Phi) is 5.64. The third-order valence-electron chi connectivity index (χ3n) is 8.01. The molecule has 7 rings (SSSR count). The Morgan fingerprint density at radius 2 is 1.43 bits per heavy atom. The number of aromatic amines is 2. The highest BCUT2D eigenvalue weighted by atomic mass is 16.1. The number of H-pyrrole nitrogens is 2. The third-order valence-corrected chi connectivity index (χ3v) is 8.01. The van der Waals surface area contributed by atoms with E-state index in [9.17, 15) is 4.79 Å². The molecule has 2 atom stereocenters. The van der Waals surface area contributed by atoms with Gasteiger partial charge >= 0.3 is 0 Å². The number of pyridine rings is 1. The molecule has 37 heavy (non-hydrogen) atoms. The molecule has 4 N–H and O–H groups in total. The van der Waals surface area contributed by atoms with Gasteiger partial charge in [0.15, 0.2) is 5.43 Å². The topological polar surface area (TPSA) is 85.6 Å². The molecule has 5 aromatic rings. The predicted molar refractivity (Wildman–Crippen MR) is 150 cm³/mol. The van der Waals surface area contributed by atoms with Gasteiger partial charge in [-0.1, -0.05) is 36.8 Å². The van der Waals surface area contributed by atoms with Crippen LogP contribution in [-0.2, 0) is 0 Å². The van der Waals surface area contributed by atoms with Crippen molar-refractivity contribution in [1.29, 1.82) is 0 Å². The van der Waals surface area contributed by atoms with Gasteiger partial charge in [-0.05, 0) is 84.9 Å². The number of rotatable bonds is 4. The lowest BCUT2D eigenvalue weighted by molar-refractivity contribution is 0.406. The lowest BCUT2D eigenvalue weighted by atomic mass is 9.97.